The van der Waals surface area contributed by atoms with Crippen molar-refractivity contribution >= 4 is 46.0 Å². The molecule has 0 saturated heterocycles. The van der Waals surface area contributed by atoms with E-state index in [1.807, 2.05) is 0 Å². The number of ketones is 1. The Hall–Kier alpha value is -3.60. The molecule has 3 rings (SSSR count). The largest absolute Gasteiger partial charge is 0.382 e. The van der Waals surface area contributed by atoms with Crippen molar-refractivity contribution in [3.05, 3.63) is 52.5 Å². The summed E-state index contributed by atoms with van der Waals surface area (Å²) in [5.74, 6) is -2.01. The Morgan fingerprint density at radius 3 is 2.57 bits per heavy atom. The second-order valence-corrected chi connectivity index (χ2v) is 6.68. The minimum absolute atomic E-state index is 0.0346. The standard InChI is InChI=1S/C17H14FN5O4S/c1-8(16(20)26)23(11-4-2-9(18)3-5-11)17-21-15(19)14(28-17)13(25)12-6-10(7-24)22-27-12/h2-8H,19H2,1H3,(H2,20,26). The van der Waals surface area contributed by atoms with Gasteiger partial charge in [-0.3, -0.25) is 14.4 Å². The van der Waals surface area contributed by atoms with E-state index in [1.165, 1.54) is 42.2 Å². The van der Waals surface area contributed by atoms with Gasteiger partial charge in [-0.2, -0.15) is 0 Å². The van der Waals surface area contributed by atoms with E-state index >= 15 is 0 Å². The highest BCUT2D eigenvalue weighted by Gasteiger charge is 2.28. The maximum absolute atomic E-state index is 13.3. The number of halogens is 1. The maximum Gasteiger partial charge on any atom is 0.244 e. The van der Waals surface area contributed by atoms with Crippen LogP contribution in [0, 0.1) is 5.82 Å². The molecule has 2 aromatic heterocycles. The summed E-state index contributed by atoms with van der Waals surface area (Å²) >= 11 is 0.895. The molecule has 11 heteroatoms. The number of anilines is 3. The fourth-order valence-electron chi connectivity index (χ4n) is 2.38. The Kier molecular flexibility index (Phi) is 5.18. The van der Waals surface area contributed by atoms with Gasteiger partial charge in [-0.15, -0.1) is 0 Å². The molecule has 9 nitrogen and oxygen atoms in total. The second kappa shape index (κ2) is 7.56. The van der Waals surface area contributed by atoms with Gasteiger partial charge in [0.2, 0.25) is 17.5 Å². The molecule has 0 radical (unpaired) electrons. The van der Waals surface area contributed by atoms with Crippen LogP contribution in [0.4, 0.5) is 21.0 Å². The number of thiazole rings is 1. The van der Waals surface area contributed by atoms with Gasteiger partial charge in [0.05, 0.1) is 0 Å². The Labute approximate surface area is 161 Å². The van der Waals surface area contributed by atoms with E-state index in [9.17, 15) is 18.8 Å². The summed E-state index contributed by atoms with van der Waals surface area (Å²) in [5, 5.41) is 3.64. The van der Waals surface area contributed by atoms with Gasteiger partial charge < -0.3 is 20.9 Å². The van der Waals surface area contributed by atoms with E-state index in [0.717, 1.165) is 11.3 Å². The zero-order chi connectivity index (χ0) is 20.4. The van der Waals surface area contributed by atoms with E-state index in [-0.39, 0.29) is 27.3 Å². The molecule has 144 valence electrons. The molecule has 28 heavy (non-hydrogen) atoms. The summed E-state index contributed by atoms with van der Waals surface area (Å²) in [6.45, 7) is 1.54. The highest BCUT2D eigenvalue weighted by atomic mass is 32.1. The molecular weight excluding hydrogens is 389 g/mol. The minimum atomic E-state index is -0.856. The van der Waals surface area contributed by atoms with E-state index in [2.05, 4.69) is 10.1 Å². The summed E-state index contributed by atoms with van der Waals surface area (Å²) in [7, 11) is 0. The number of nitrogens with two attached hydrogens (primary N) is 2. The first kappa shape index (κ1) is 19.2. The summed E-state index contributed by atoms with van der Waals surface area (Å²) in [5.41, 5.74) is 11.7. The number of nitrogen functional groups attached to an aromatic ring is 1. The topological polar surface area (TPSA) is 145 Å². The number of carbonyl (C=O) groups is 3. The number of aromatic nitrogens is 2. The van der Waals surface area contributed by atoms with E-state index in [0.29, 0.717) is 12.0 Å². The van der Waals surface area contributed by atoms with Crippen LogP contribution in [0.1, 0.15) is 32.8 Å². The first-order valence-corrected chi connectivity index (χ1v) is 8.70. The molecule has 1 unspecified atom stereocenters. The van der Waals surface area contributed by atoms with E-state index in [4.69, 9.17) is 16.0 Å². The molecule has 0 aliphatic carbocycles. The summed E-state index contributed by atoms with van der Waals surface area (Å²) in [6, 6.07) is 5.65. The molecule has 0 saturated carbocycles. The average molecular weight is 403 g/mol. The Bertz CT molecular complexity index is 1050. The van der Waals surface area contributed by atoms with Crippen LogP contribution in [-0.4, -0.2) is 34.2 Å². The van der Waals surface area contributed by atoms with Crippen LogP contribution in [0.15, 0.2) is 34.9 Å². The molecular formula is C17H14FN5O4S. The predicted octanol–water partition coefficient (Wildman–Crippen LogP) is 1.91. The number of benzene rings is 1. The third kappa shape index (κ3) is 3.60. The van der Waals surface area contributed by atoms with Crippen LogP contribution < -0.4 is 16.4 Å². The number of amides is 1. The normalized spacial score (nSPS) is 11.8. The third-order valence-electron chi connectivity index (χ3n) is 3.83. The summed E-state index contributed by atoms with van der Waals surface area (Å²) < 4.78 is 18.1. The van der Waals surface area contributed by atoms with Gasteiger partial charge in [0.15, 0.2) is 11.4 Å². The minimum Gasteiger partial charge on any atom is -0.382 e. The Morgan fingerprint density at radius 2 is 2.00 bits per heavy atom. The van der Waals surface area contributed by atoms with Crippen molar-refractivity contribution in [1.82, 2.24) is 10.1 Å². The van der Waals surface area contributed by atoms with Crippen LogP contribution in [0.3, 0.4) is 0 Å². The van der Waals surface area contributed by atoms with Crippen molar-refractivity contribution in [3.63, 3.8) is 0 Å². The lowest BCUT2D eigenvalue weighted by atomic mass is 10.2. The van der Waals surface area contributed by atoms with Gasteiger partial charge >= 0.3 is 0 Å². The second-order valence-electron chi connectivity index (χ2n) is 5.70. The van der Waals surface area contributed by atoms with Gasteiger partial charge in [0.25, 0.3) is 0 Å². The molecule has 0 fully saturated rings. The van der Waals surface area contributed by atoms with Crippen LogP contribution >= 0.6 is 11.3 Å². The lowest BCUT2D eigenvalue weighted by Gasteiger charge is -2.26. The van der Waals surface area contributed by atoms with E-state index < -0.39 is 23.5 Å². The van der Waals surface area contributed by atoms with Crippen LogP contribution in [0.2, 0.25) is 0 Å². The fraction of sp³-hybridized carbons (Fsp3) is 0.118. The number of hydrogen-bond acceptors (Lipinski definition) is 9. The number of rotatable bonds is 7. The number of primary amides is 1. The van der Waals surface area contributed by atoms with Gasteiger partial charge in [0.1, 0.15) is 28.2 Å². The highest BCUT2D eigenvalue weighted by molar-refractivity contribution is 7.18. The Morgan fingerprint density at radius 1 is 1.32 bits per heavy atom. The SMILES string of the molecule is CC(C(N)=O)N(c1ccc(F)cc1)c1nc(N)c(C(=O)c2cc(C=O)no2)s1. The third-order valence-corrected chi connectivity index (χ3v) is 4.90. The number of carbonyl (C=O) groups excluding carboxylic acids is 3. The maximum atomic E-state index is 13.3. The first-order chi connectivity index (χ1) is 13.3. The van der Waals surface area contributed by atoms with E-state index in [1.54, 1.807) is 0 Å². The van der Waals surface area contributed by atoms with Crippen LogP contribution in [0.5, 0.6) is 0 Å². The van der Waals surface area contributed by atoms with Crippen LogP contribution in [-0.2, 0) is 4.79 Å². The van der Waals surface area contributed by atoms with Crippen LogP contribution in [0.25, 0.3) is 0 Å². The molecule has 1 aromatic carbocycles. The molecule has 1 atom stereocenters. The van der Waals surface area contributed by atoms with Gasteiger partial charge in [-0.1, -0.05) is 16.5 Å². The molecule has 0 spiro atoms. The lowest BCUT2D eigenvalue weighted by molar-refractivity contribution is -0.118. The predicted molar refractivity (Wildman–Crippen MR) is 99.0 cm³/mol. The van der Waals surface area contributed by atoms with Crippen molar-refractivity contribution in [2.45, 2.75) is 13.0 Å². The van der Waals surface area contributed by atoms with Crippen molar-refractivity contribution < 1.29 is 23.3 Å². The number of aldehydes is 1. The smallest absolute Gasteiger partial charge is 0.244 e. The average Bonchev–Trinajstić information content (AvgIpc) is 3.29. The first-order valence-electron chi connectivity index (χ1n) is 7.88. The summed E-state index contributed by atoms with van der Waals surface area (Å²) in [4.78, 5) is 40.7. The monoisotopic (exact) mass is 403 g/mol. The fourth-order valence-corrected chi connectivity index (χ4v) is 3.41. The van der Waals surface area contributed by atoms with Crippen molar-refractivity contribution in [1.29, 1.82) is 0 Å². The number of hydrogen-bond donors (Lipinski definition) is 2. The molecule has 1 amide bonds. The molecule has 0 aliphatic rings. The Balaban J connectivity index is 2.03. The van der Waals surface area contributed by atoms with Crippen molar-refractivity contribution in [2.24, 2.45) is 5.73 Å². The molecule has 0 bridgehead atoms. The molecule has 3 aromatic rings. The summed E-state index contributed by atoms with van der Waals surface area (Å²) in [6.07, 6.45) is 0.437. The van der Waals surface area contributed by atoms with Gasteiger partial charge in [0, 0.05) is 11.8 Å². The lowest BCUT2D eigenvalue weighted by Crippen LogP contribution is -2.39. The van der Waals surface area contributed by atoms with Crippen molar-refractivity contribution in [2.75, 3.05) is 10.6 Å². The van der Waals surface area contributed by atoms with Gasteiger partial charge in [-0.05, 0) is 31.2 Å². The molecule has 2 heterocycles. The zero-order valence-electron chi connectivity index (χ0n) is 14.5. The van der Waals surface area contributed by atoms with Gasteiger partial charge in [-0.25, -0.2) is 9.37 Å². The number of nitrogens with zero attached hydrogens (tertiary/aromatic N) is 3. The van der Waals surface area contributed by atoms with Crippen molar-refractivity contribution in [3.8, 4) is 0 Å². The quantitative estimate of drug-likeness (QED) is 0.449. The molecule has 4 N–H and O–H groups in total. The molecule has 0 aliphatic heterocycles. The zero-order valence-corrected chi connectivity index (χ0v) is 15.3. The highest BCUT2D eigenvalue weighted by Crippen LogP contribution is 2.35.